The van der Waals surface area contributed by atoms with Gasteiger partial charge in [0.2, 0.25) is 4.73 Å². The van der Waals surface area contributed by atoms with E-state index >= 15 is 0 Å². The van der Waals surface area contributed by atoms with Crippen LogP contribution in [0.15, 0.2) is 10.2 Å². The summed E-state index contributed by atoms with van der Waals surface area (Å²) < 4.78 is 4.69. The van der Waals surface area contributed by atoms with Gasteiger partial charge in [0.1, 0.15) is 0 Å². The Bertz CT molecular complexity index is 395. The summed E-state index contributed by atoms with van der Waals surface area (Å²) in [5, 5.41) is 0.932. The minimum atomic E-state index is 0.648. The first-order valence-electron chi connectivity index (χ1n) is 3.17. The Balaban J connectivity index is 2.50. The highest BCUT2D eigenvalue weighted by Gasteiger charge is 2.09. The molecule has 0 radical (unpaired) electrons. The van der Waals surface area contributed by atoms with Crippen LogP contribution in [-0.2, 0) is 0 Å². The quantitative estimate of drug-likeness (QED) is 0.793. The van der Waals surface area contributed by atoms with Gasteiger partial charge in [-0.1, -0.05) is 0 Å². The fourth-order valence-electron chi connectivity index (χ4n) is 0.805. The highest BCUT2D eigenvalue weighted by molar-refractivity contribution is 9.10. The molecule has 0 bridgehead atoms. The van der Waals surface area contributed by atoms with E-state index in [2.05, 4.69) is 30.3 Å². The third kappa shape index (κ3) is 1.41. The van der Waals surface area contributed by atoms with Gasteiger partial charge in [0.05, 0.1) is 16.1 Å². The zero-order valence-electron chi connectivity index (χ0n) is 6.11. The Morgan fingerprint density at radius 2 is 2.33 bits per heavy atom. The van der Waals surface area contributed by atoms with Crippen molar-refractivity contribution in [2.75, 3.05) is 0 Å². The van der Waals surface area contributed by atoms with Gasteiger partial charge in [0, 0.05) is 0 Å². The molecule has 0 aromatic carbocycles. The van der Waals surface area contributed by atoms with Crippen molar-refractivity contribution in [1.29, 1.82) is 0 Å². The number of aryl methyl sites for hydroxylation is 1. The second-order valence-electron chi connectivity index (χ2n) is 2.14. The number of hydrogen-bond acceptors (Lipinski definition) is 5. The highest BCUT2D eigenvalue weighted by Crippen LogP contribution is 2.29. The van der Waals surface area contributed by atoms with Gasteiger partial charge in [0.15, 0.2) is 5.01 Å². The molecule has 2 aromatic rings. The first kappa shape index (κ1) is 8.28. The van der Waals surface area contributed by atoms with Crippen LogP contribution in [0.25, 0.3) is 9.88 Å². The standard InChI is InChI=1S/C6H4BrN3S2/c1-3-4(11-2-8-3)5-9-6(7)10-12-5/h2H,1H3. The first-order chi connectivity index (χ1) is 5.77. The third-order valence-corrected chi connectivity index (χ3v) is 3.73. The fraction of sp³-hybridized carbons (Fsp3) is 0.167. The molecular weight excluding hydrogens is 258 g/mol. The molecule has 0 aliphatic heterocycles. The zero-order valence-corrected chi connectivity index (χ0v) is 9.33. The van der Waals surface area contributed by atoms with Crippen LogP contribution in [-0.4, -0.2) is 14.3 Å². The number of thiazole rings is 1. The maximum atomic E-state index is 4.21. The van der Waals surface area contributed by atoms with Gasteiger partial charge < -0.3 is 0 Å². The Labute approximate surface area is 85.8 Å². The number of halogens is 1. The highest BCUT2D eigenvalue weighted by atomic mass is 79.9. The van der Waals surface area contributed by atoms with Crippen molar-refractivity contribution in [3.05, 3.63) is 15.9 Å². The van der Waals surface area contributed by atoms with E-state index in [0.717, 1.165) is 15.6 Å². The maximum Gasteiger partial charge on any atom is 0.209 e. The van der Waals surface area contributed by atoms with Crippen LogP contribution in [0.1, 0.15) is 5.69 Å². The van der Waals surface area contributed by atoms with Gasteiger partial charge in [-0.2, -0.15) is 4.37 Å². The molecule has 12 heavy (non-hydrogen) atoms. The van der Waals surface area contributed by atoms with Crippen molar-refractivity contribution < 1.29 is 0 Å². The van der Waals surface area contributed by atoms with E-state index in [1.165, 1.54) is 11.5 Å². The molecule has 0 unspecified atom stereocenters. The van der Waals surface area contributed by atoms with E-state index < -0.39 is 0 Å². The molecule has 0 saturated carbocycles. The average Bonchev–Trinajstić information content (AvgIpc) is 2.58. The lowest BCUT2D eigenvalue weighted by atomic mass is 10.4. The Kier molecular flexibility index (Phi) is 2.20. The molecule has 0 aliphatic carbocycles. The smallest absolute Gasteiger partial charge is 0.209 e. The zero-order chi connectivity index (χ0) is 8.55. The summed E-state index contributed by atoms with van der Waals surface area (Å²) in [6, 6.07) is 0. The number of nitrogens with zero attached hydrogens (tertiary/aromatic N) is 3. The van der Waals surface area contributed by atoms with Gasteiger partial charge in [0.25, 0.3) is 0 Å². The minimum Gasteiger partial charge on any atom is -0.249 e. The normalized spacial score (nSPS) is 10.5. The van der Waals surface area contributed by atoms with Crippen molar-refractivity contribution in [3.63, 3.8) is 0 Å². The molecule has 62 valence electrons. The first-order valence-corrected chi connectivity index (χ1v) is 5.61. The maximum absolute atomic E-state index is 4.21. The Morgan fingerprint density at radius 1 is 1.50 bits per heavy atom. The summed E-state index contributed by atoms with van der Waals surface area (Å²) in [4.78, 5) is 9.46. The van der Waals surface area contributed by atoms with Crippen molar-refractivity contribution in [2.45, 2.75) is 6.92 Å². The number of aromatic nitrogens is 3. The van der Waals surface area contributed by atoms with E-state index in [4.69, 9.17) is 0 Å². The molecule has 3 nitrogen and oxygen atoms in total. The molecule has 0 saturated heterocycles. The van der Waals surface area contributed by atoms with Gasteiger partial charge in [-0.3, -0.25) is 0 Å². The lowest BCUT2D eigenvalue weighted by molar-refractivity contribution is 1.24. The van der Waals surface area contributed by atoms with Crippen LogP contribution in [0.3, 0.4) is 0 Å². The van der Waals surface area contributed by atoms with E-state index in [1.807, 2.05) is 12.4 Å². The summed E-state index contributed by atoms with van der Waals surface area (Å²) >= 11 is 6.19. The molecule has 2 rings (SSSR count). The van der Waals surface area contributed by atoms with E-state index in [9.17, 15) is 0 Å². The van der Waals surface area contributed by atoms with Crippen LogP contribution in [0.4, 0.5) is 0 Å². The summed E-state index contributed by atoms with van der Waals surface area (Å²) in [6.07, 6.45) is 0. The molecule has 0 atom stereocenters. The molecule has 0 N–H and O–H groups in total. The number of rotatable bonds is 1. The minimum absolute atomic E-state index is 0.648. The van der Waals surface area contributed by atoms with Gasteiger partial charge in [-0.25, -0.2) is 9.97 Å². The van der Waals surface area contributed by atoms with Crippen LogP contribution >= 0.6 is 38.8 Å². The molecule has 0 aliphatic rings. The monoisotopic (exact) mass is 261 g/mol. The Morgan fingerprint density at radius 3 is 2.83 bits per heavy atom. The second-order valence-corrected chi connectivity index (χ2v) is 4.45. The molecule has 2 aromatic heterocycles. The van der Waals surface area contributed by atoms with Crippen molar-refractivity contribution >= 4 is 38.8 Å². The molecule has 0 spiro atoms. The number of hydrogen-bond donors (Lipinski definition) is 0. The van der Waals surface area contributed by atoms with Crippen molar-refractivity contribution in [1.82, 2.24) is 14.3 Å². The molecular formula is C6H4BrN3S2. The molecule has 6 heteroatoms. The lowest BCUT2D eigenvalue weighted by Gasteiger charge is -1.87. The van der Waals surface area contributed by atoms with Crippen LogP contribution in [0, 0.1) is 6.92 Å². The predicted octanol–water partition coefficient (Wildman–Crippen LogP) is 2.73. The van der Waals surface area contributed by atoms with Gasteiger partial charge >= 0.3 is 0 Å². The lowest BCUT2D eigenvalue weighted by Crippen LogP contribution is -1.75. The van der Waals surface area contributed by atoms with Crippen LogP contribution in [0.5, 0.6) is 0 Å². The summed E-state index contributed by atoms with van der Waals surface area (Å²) in [5.74, 6) is 0. The summed E-state index contributed by atoms with van der Waals surface area (Å²) in [6.45, 7) is 1.97. The molecule has 0 amide bonds. The van der Waals surface area contributed by atoms with Crippen LogP contribution in [0.2, 0.25) is 0 Å². The average molecular weight is 262 g/mol. The van der Waals surface area contributed by atoms with E-state index in [1.54, 1.807) is 11.3 Å². The second kappa shape index (κ2) is 3.20. The fourth-order valence-corrected chi connectivity index (χ4v) is 2.82. The SMILES string of the molecule is Cc1ncsc1-c1nc(Br)ns1. The largest absolute Gasteiger partial charge is 0.249 e. The molecule has 0 fully saturated rings. The van der Waals surface area contributed by atoms with E-state index in [0.29, 0.717) is 4.73 Å². The van der Waals surface area contributed by atoms with Gasteiger partial charge in [-0.05, 0) is 34.4 Å². The predicted molar refractivity (Wildman–Crippen MR) is 53.5 cm³/mol. The van der Waals surface area contributed by atoms with Gasteiger partial charge in [-0.15, -0.1) is 11.3 Å². The van der Waals surface area contributed by atoms with Crippen LogP contribution < -0.4 is 0 Å². The topological polar surface area (TPSA) is 38.7 Å². The molecule has 2 heterocycles. The van der Waals surface area contributed by atoms with Crippen molar-refractivity contribution in [2.24, 2.45) is 0 Å². The summed E-state index contributed by atoms with van der Waals surface area (Å²) in [5.41, 5.74) is 2.84. The van der Waals surface area contributed by atoms with Crippen molar-refractivity contribution in [3.8, 4) is 9.88 Å². The Hall–Kier alpha value is -0.330. The van der Waals surface area contributed by atoms with E-state index in [-0.39, 0.29) is 0 Å². The summed E-state index contributed by atoms with van der Waals surface area (Å²) in [7, 11) is 0. The third-order valence-electron chi connectivity index (χ3n) is 1.34.